The van der Waals surface area contributed by atoms with E-state index in [0.29, 0.717) is 19.4 Å². The molecule has 2 aromatic rings. The highest BCUT2D eigenvalue weighted by Crippen LogP contribution is 2.44. The molecule has 2 aliphatic carbocycles. The molecule has 1 fully saturated rings. The first kappa shape index (κ1) is 24.8. The maximum absolute atomic E-state index is 13.3. The number of nitrogens with one attached hydrogen (secondary N) is 1. The lowest BCUT2D eigenvalue weighted by Gasteiger charge is -2.42. The Balaban J connectivity index is 1.44. The molecule has 7 nitrogen and oxygen atoms in total. The molecule has 35 heavy (non-hydrogen) atoms. The molecule has 2 aromatic carbocycles. The van der Waals surface area contributed by atoms with Crippen LogP contribution < -0.4 is 5.32 Å². The molecule has 2 aliphatic rings. The van der Waals surface area contributed by atoms with Gasteiger partial charge in [-0.3, -0.25) is 9.59 Å². The number of fused-ring (bicyclic) bond motifs is 3. The smallest absolute Gasteiger partial charge is 0.407 e. The average molecular weight is 479 g/mol. The molecule has 2 unspecified atom stereocenters. The third kappa shape index (κ3) is 5.19. The quantitative estimate of drug-likeness (QED) is 0.568. The number of benzene rings is 2. The van der Waals surface area contributed by atoms with Gasteiger partial charge in [-0.05, 0) is 48.9 Å². The summed E-state index contributed by atoms with van der Waals surface area (Å²) in [6.45, 7) is 4.57. The van der Waals surface area contributed by atoms with Crippen LogP contribution >= 0.6 is 0 Å². The first-order chi connectivity index (χ1) is 16.8. The molecule has 0 aliphatic heterocycles. The number of hydrogen-bond acceptors (Lipinski definition) is 4. The fraction of sp³-hybridized carbons (Fsp3) is 0.464. The van der Waals surface area contributed by atoms with E-state index in [1.807, 2.05) is 38.1 Å². The Labute approximate surface area is 206 Å². The molecular weight excluding hydrogens is 444 g/mol. The molecule has 0 aromatic heterocycles. The van der Waals surface area contributed by atoms with Gasteiger partial charge in [-0.2, -0.15) is 0 Å². The maximum atomic E-state index is 13.3. The van der Waals surface area contributed by atoms with Crippen molar-refractivity contribution in [2.75, 3.05) is 19.7 Å². The lowest BCUT2D eigenvalue weighted by atomic mass is 9.73. The van der Waals surface area contributed by atoms with Crippen molar-refractivity contribution in [2.45, 2.75) is 57.4 Å². The second-order valence-corrected chi connectivity index (χ2v) is 9.73. The average Bonchev–Trinajstić information content (AvgIpc) is 3.16. The molecule has 0 heterocycles. The summed E-state index contributed by atoms with van der Waals surface area (Å²) in [6.07, 6.45) is 2.51. The lowest BCUT2D eigenvalue weighted by Crippen LogP contribution is -2.58. The summed E-state index contributed by atoms with van der Waals surface area (Å²) in [5.74, 6) is -1.48. The van der Waals surface area contributed by atoms with E-state index in [4.69, 9.17) is 9.84 Å². The Kier molecular flexibility index (Phi) is 7.43. The Morgan fingerprint density at radius 3 is 2.29 bits per heavy atom. The number of aliphatic carboxylic acids is 1. The van der Waals surface area contributed by atoms with E-state index in [-0.39, 0.29) is 31.4 Å². The number of carboxylic acid groups (broad SMARTS) is 1. The number of nitrogens with zero attached hydrogens (tertiary/aromatic N) is 1. The predicted octanol–water partition coefficient (Wildman–Crippen LogP) is 4.80. The lowest BCUT2D eigenvalue weighted by molar-refractivity contribution is -0.141. The van der Waals surface area contributed by atoms with Crippen LogP contribution in [0.15, 0.2) is 48.5 Å². The van der Waals surface area contributed by atoms with Crippen LogP contribution in [0, 0.1) is 5.92 Å². The van der Waals surface area contributed by atoms with Crippen LogP contribution in [0.3, 0.4) is 0 Å². The molecule has 7 heteroatoms. The number of ether oxygens (including phenoxy) is 1. The van der Waals surface area contributed by atoms with Crippen LogP contribution in [0.5, 0.6) is 0 Å². The molecular formula is C28H34N2O5. The zero-order valence-corrected chi connectivity index (χ0v) is 20.5. The van der Waals surface area contributed by atoms with Crippen LogP contribution in [0.25, 0.3) is 11.1 Å². The summed E-state index contributed by atoms with van der Waals surface area (Å²) in [6, 6.07) is 16.4. The van der Waals surface area contributed by atoms with E-state index in [1.165, 1.54) is 11.1 Å². The zero-order valence-electron chi connectivity index (χ0n) is 20.5. The van der Waals surface area contributed by atoms with Crippen molar-refractivity contribution in [3.63, 3.8) is 0 Å². The SMILES string of the molecule is CCN(CCC(=O)O)C(=O)C1CCCCC1(C)NC(=O)OCC1c2ccccc2-c2ccccc21. The topological polar surface area (TPSA) is 95.9 Å². The monoisotopic (exact) mass is 478 g/mol. The molecule has 0 saturated heterocycles. The highest BCUT2D eigenvalue weighted by molar-refractivity contribution is 5.82. The van der Waals surface area contributed by atoms with Gasteiger partial charge in [0.05, 0.1) is 17.9 Å². The number of hydrogen-bond donors (Lipinski definition) is 2. The fourth-order valence-electron chi connectivity index (χ4n) is 5.62. The minimum atomic E-state index is -0.931. The first-order valence-corrected chi connectivity index (χ1v) is 12.5. The minimum absolute atomic E-state index is 0.0312. The van der Waals surface area contributed by atoms with E-state index >= 15 is 0 Å². The first-order valence-electron chi connectivity index (χ1n) is 12.5. The Morgan fingerprint density at radius 1 is 1.06 bits per heavy atom. The number of carbonyl (C=O) groups is 3. The molecule has 2 N–H and O–H groups in total. The summed E-state index contributed by atoms with van der Waals surface area (Å²) >= 11 is 0. The molecule has 2 amide bonds. The molecule has 0 radical (unpaired) electrons. The van der Waals surface area contributed by atoms with Gasteiger partial charge in [-0.25, -0.2) is 4.79 Å². The highest BCUT2D eigenvalue weighted by atomic mass is 16.5. The Hall–Kier alpha value is -3.35. The normalized spacial score (nSPS) is 21.0. The van der Waals surface area contributed by atoms with Gasteiger partial charge >= 0.3 is 12.1 Å². The van der Waals surface area contributed by atoms with Gasteiger partial charge in [-0.1, -0.05) is 61.4 Å². The Morgan fingerprint density at radius 2 is 1.69 bits per heavy atom. The second-order valence-electron chi connectivity index (χ2n) is 9.73. The van der Waals surface area contributed by atoms with Gasteiger partial charge in [-0.15, -0.1) is 0 Å². The molecule has 0 spiro atoms. The highest BCUT2D eigenvalue weighted by Gasteiger charge is 2.44. The standard InChI is InChI=1S/C28H34N2O5/c1-3-30(17-15-25(31)32)26(33)24-14-8-9-16-28(24,2)29-27(34)35-18-23-21-12-6-4-10-19(21)20-11-5-7-13-22(20)23/h4-7,10-13,23-24H,3,8-9,14-18H2,1-2H3,(H,29,34)(H,31,32). The Bertz CT molecular complexity index is 1050. The van der Waals surface area contributed by atoms with Crippen LogP contribution in [-0.4, -0.2) is 53.2 Å². The summed E-state index contributed by atoms with van der Waals surface area (Å²) in [7, 11) is 0. The van der Waals surface area contributed by atoms with Gasteiger partial charge in [0.1, 0.15) is 6.61 Å². The summed E-state index contributed by atoms with van der Waals surface area (Å²) < 4.78 is 5.75. The third-order valence-corrected chi connectivity index (χ3v) is 7.53. The van der Waals surface area contributed by atoms with Gasteiger partial charge in [0.2, 0.25) is 5.91 Å². The summed E-state index contributed by atoms with van der Waals surface area (Å²) in [5, 5.41) is 12.0. The van der Waals surface area contributed by atoms with Gasteiger partial charge in [0.15, 0.2) is 0 Å². The van der Waals surface area contributed by atoms with Crippen LogP contribution in [-0.2, 0) is 14.3 Å². The van der Waals surface area contributed by atoms with Crippen LogP contribution in [0.4, 0.5) is 4.79 Å². The van der Waals surface area contributed by atoms with E-state index in [2.05, 4.69) is 29.6 Å². The van der Waals surface area contributed by atoms with Crippen molar-refractivity contribution < 1.29 is 24.2 Å². The van der Waals surface area contributed by atoms with Crippen LogP contribution in [0.1, 0.15) is 63.0 Å². The van der Waals surface area contributed by atoms with Crippen molar-refractivity contribution in [3.8, 4) is 11.1 Å². The molecule has 4 rings (SSSR count). The van der Waals surface area contributed by atoms with Crippen molar-refractivity contribution in [1.29, 1.82) is 0 Å². The van der Waals surface area contributed by atoms with Gasteiger partial charge < -0.3 is 20.1 Å². The number of rotatable bonds is 8. The van der Waals surface area contributed by atoms with Crippen molar-refractivity contribution in [2.24, 2.45) is 5.92 Å². The number of carbonyl (C=O) groups excluding carboxylic acids is 2. The fourth-order valence-corrected chi connectivity index (χ4v) is 5.62. The van der Waals surface area contributed by atoms with E-state index in [1.54, 1.807) is 4.90 Å². The largest absolute Gasteiger partial charge is 0.481 e. The number of alkyl carbamates (subject to hydrolysis) is 1. The molecule has 2 atom stereocenters. The molecule has 186 valence electrons. The predicted molar refractivity (Wildman–Crippen MR) is 133 cm³/mol. The summed E-state index contributed by atoms with van der Waals surface area (Å²) in [5.41, 5.74) is 3.89. The summed E-state index contributed by atoms with van der Waals surface area (Å²) in [4.78, 5) is 38.9. The number of carboxylic acids is 1. The molecule has 1 saturated carbocycles. The minimum Gasteiger partial charge on any atom is -0.481 e. The molecule has 0 bridgehead atoms. The third-order valence-electron chi connectivity index (χ3n) is 7.53. The number of amides is 2. The van der Waals surface area contributed by atoms with E-state index < -0.39 is 23.5 Å². The zero-order chi connectivity index (χ0) is 25.0. The van der Waals surface area contributed by atoms with Gasteiger partial charge in [0, 0.05) is 19.0 Å². The van der Waals surface area contributed by atoms with Crippen molar-refractivity contribution in [1.82, 2.24) is 10.2 Å². The van der Waals surface area contributed by atoms with Crippen molar-refractivity contribution in [3.05, 3.63) is 59.7 Å². The van der Waals surface area contributed by atoms with Crippen LogP contribution in [0.2, 0.25) is 0 Å². The maximum Gasteiger partial charge on any atom is 0.407 e. The van der Waals surface area contributed by atoms with E-state index in [9.17, 15) is 14.4 Å². The van der Waals surface area contributed by atoms with E-state index in [0.717, 1.165) is 24.0 Å². The second kappa shape index (κ2) is 10.5. The van der Waals surface area contributed by atoms with Gasteiger partial charge in [0.25, 0.3) is 0 Å². The van der Waals surface area contributed by atoms with Crippen molar-refractivity contribution >= 4 is 18.0 Å².